The van der Waals surface area contributed by atoms with Crippen LogP contribution in [0.2, 0.25) is 0 Å². The molecule has 1 aromatic rings. The van der Waals surface area contributed by atoms with Gasteiger partial charge >= 0.3 is 0 Å². The number of benzene rings is 1. The van der Waals surface area contributed by atoms with E-state index < -0.39 is 0 Å². The average molecular weight is 207 g/mol. The molecule has 15 heavy (non-hydrogen) atoms. The van der Waals surface area contributed by atoms with Gasteiger partial charge in [0.15, 0.2) is 0 Å². The summed E-state index contributed by atoms with van der Waals surface area (Å²) < 4.78 is 5.61. The van der Waals surface area contributed by atoms with Gasteiger partial charge in [-0.25, -0.2) is 0 Å². The molecule has 0 spiro atoms. The second-order valence-corrected chi connectivity index (χ2v) is 4.14. The van der Waals surface area contributed by atoms with E-state index in [9.17, 15) is 0 Å². The molecule has 0 saturated carbocycles. The van der Waals surface area contributed by atoms with Gasteiger partial charge in [-0.1, -0.05) is 30.3 Å². The fraction of sp³-hybridized carbons (Fsp3) is 0.538. The standard InChI is InChI=1S/C13H21NO/c1-12(14(2)3)9-10-15-11-13-7-5-4-6-8-13/h4-8,12H,9-11H2,1-3H3. The Morgan fingerprint density at radius 3 is 2.47 bits per heavy atom. The molecular formula is C13H21NO. The van der Waals surface area contributed by atoms with E-state index in [2.05, 4.69) is 38.1 Å². The van der Waals surface area contributed by atoms with Crippen LogP contribution in [0.25, 0.3) is 0 Å². The molecule has 0 amide bonds. The molecular weight excluding hydrogens is 186 g/mol. The summed E-state index contributed by atoms with van der Waals surface area (Å²) in [6, 6.07) is 10.9. The average Bonchev–Trinajstić information content (AvgIpc) is 2.25. The van der Waals surface area contributed by atoms with E-state index in [-0.39, 0.29) is 0 Å². The van der Waals surface area contributed by atoms with Crippen LogP contribution in [0.3, 0.4) is 0 Å². The van der Waals surface area contributed by atoms with Crippen molar-refractivity contribution in [1.29, 1.82) is 0 Å². The van der Waals surface area contributed by atoms with Crippen LogP contribution >= 0.6 is 0 Å². The van der Waals surface area contributed by atoms with Gasteiger partial charge in [0.1, 0.15) is 0 Å². The zero-order chi connectivity index (χ0) is 11.1. The molecule has 0 N–H and O–H groups in total. The number of nitrogens with zero attached hydrogens (tertiary/aromatic N) is 1. The van der Waals surface area contributed by atoms with Crippen molar-refractivity contribution in [3.63, 3.8) is 0 Å². The highest BCUT2D eigenvalue weighted by Gasteiger charge is 2.03. The normalized spacial score (nSPS) is 13.1. The summed E-state index contributed by atoms with van der Waals surface area (Å²) in [6.07, 6.45) is 1.08. The van der Waals surface area contributed by atoms with E-state index in [1.165, 1.54) is 5.56 Å². The first-order valence-electron chi connectivity index (χ1n) is 5.48. The Labute approximate surface area is 92.9 Å². The van der Waals surface area contributed by atoms with Crippen LogP contribution in [0.4, 0.5) is 0 Å². The molecule has 0 radical (unpaired) electrons. The van der Waals surface area contributed by atoms with Crippen molar-refractivity contribution in [2.75, 3.05) is 20.7 Å². The summed E-state index contributed by atoms with van der Waals surface area (Å²) in [5.74, 6) is 0. The highest BCUT2D eigenvalue weighted by molar-refractivity contribution is 5.13. The monoisotopic (exact) mass is 207 g/mol. The molecule has 1 rings (SSSR count). The minimum atomic E-state index is 0.584. The van der Waals surface area contributed by atoms with Gasteiger partial charge in [0.25, 0.3) is 0 Å². The van der Waals surface area contributed by atoms with Crippen LogP contribution in [0, 0.1) is 0 Å². The van der Waals surface area contributed by atoms with E-state index in [1.54, 1.807) is 0 Å². The summed E-state index contributed by atoms with van der Waals surface area (Å²) >= 11 is 0. The quantitative estimate of drug-likeness (QED) is 0.665. The molecule has 0 saturated heterocycles. The molecule has 0 aliphatic heterocycles. The molecule has 0 aliphatic rings. The lowest BCUT2D eigenvalue weighted by atomic mass is 10.2. The predicted octanol–water partition coefficient (Wildman–Crippen LogP) is 2.54. The van der Waals surface area contributed by atoms with Gasteiger partial charge in [-0.15, -0.1) is 0 Å². The molecule has 0 aliphatic carbocycles. The van der Waals surface area contributed by atoms with Crippen LogP contribution in [-0.4, -0.2) is 31.6 Å². The Morgan fingerprint density at radius 1 is 1.20 bits per heavy atom. The summed E-state index contributed by atoms with van der Waals surface area (Å²) in [5.41, 5.74) is 1.25. The first-order chi connectivity index (χ1) is 7.20. The fourth-order valence-electron chi connectivity index (χ4n) is 1.28. The second-order valence-electron chi connectivity index (χ2n) is 4.14. The zero-order valence-corrected chi connectivity index (χ0v) is 9.94. The third-order valence-corrected chi connectivity index (χ3v) is 2.67. The Kier molecular flexibility index (Phi) is 5.37. The first kappa shape index (κ1) is 12.2. The van der Waals surface area contributed by atoms with Gasteiger partial charge in [0.2, 0.25) is 0 Å². The SMILES string of the molecule is CC(CCOCc1ccccc1)N(C)C. The van der Waals surface area contributed by atoms with E-state index in [4.69, 9.17) is 4.74 Å². The summed E-state index contributed by atoms with van der Waals surface area (Å²) in [4.78, 5) is 2.21. The smallest absolute Gasteiger partial charge is 0.0716 e. The van der Waals surface area contributed by atoms with Gasteiger partial charge in [-0.05, 0) is 33.0 Å². The van der Waals surface area contributed by atoms with Crippen molar-refractivity contribution in [1.82, 2.24) is 4.90 Å². The number of rotatable bonds is 6. The zero-order valence-electron chi connectivity index (χ0n) is 9.94. The lowest BCUT2D eigenvalue weighted by molar-refractivity contribution is 0.101. The highest BCUT2D eigenvalue weighted by atomic mass is 16.5. The van der Waals surface area contributed by atoms with Crippen molar-refractivity contribution in [2.24, 2.45) is 0 Å². The van der Waals surface area contributed by atoms with Crippen molar-refractivity contribution < 1.29 is 4.74 Å². The minimum absolute atomic E-state index is 0.584. The lowest BCUT2D eigenvalue weighted by Crippen LogP contribution is -2.25. The van der Waals surface area contributed by atoms with Gasteiger partial charge in [-0.3, -0.25) is 0 Å². The van der Waals surface area contributed by atoms with Crippen LogP contribution in [0.1, 0.15) is 18.9 Å². The molecule has 1 aromatic carbocycles. The molecule has 1 unspecified atom stereocenters. The molecule has 0 heterocycles. The van der Waals surface area contributed by atoms with Crippen molar-refractivity contribution in [3.05, 3.63) is 35.9 Å². The van der Waals surface area contributed by atoms with Crippen LogP contribution < -0.4 is 0 Å². The molecule has 0 fully saturated rings. The third kappa shape index (κ3) is 4.96. The Hall–Kier alpha value is -0.860. The van der Waals surface area contributed by atoms with Crippen molar-refractivity contribution >= 4 is 0 Å². The maximum atomic E-state index is 5.61. The topological polar surface area (TPSA) is 12.5 Å². The Balaban J connectivity index is 2.12. The van der Waals surface area contributed by atoms with Gasteiger partial charge < -0.3 is 9.64 Å². The lowest BCUT2D eigenvalue weighted by Gasteiger charge is -2.19. The number of ether oxygens (including phenoxy) is 1. The van der Waals surface area contributed by atoms with Gasteiger partial charge in [0, 0.05) is 12.6 Å². The Morgan fingerprint density at radius 2 is 1.87 bits per heavy atom. The summed E-state index contributed by atoms with van der Waals surface area (Å²) in [5, 5.41) is 0. The van der Waals surface area contributed by atoms with Gasteiger partial charge in [-0.2, -0.15) is 0 Å². The van der Waals surface area contributed by atoms with Crippen LogP contribution in [-0.2, 0) is 11.3 Å². The fourth-order valence-corrected chi connectivity index (χ4v) is 1.28. The molecule has 0 bridgehead atoms. The highest BCUT2D eigenvalue weighted by Crippen LogP contribution is 2.03. The summed E-state index contributed by atoms with van der Waals surface area (Å²) in [7, 11) is 4.20. The molecule has 1 atom stereocenters. The molecule has 2 heteroatoms. The number of hydrogen-bond acceptors (Lipinski definition) is 2. The minimum Gasteiger partial charge on any atom is -0.377 e. The molecule has 84 valence electrons. The Bertz CT molecular complexity index is 258. The van der Waals surface area contributed by atoms with Crippen molar-refractivity contribution in [3.8, 4) is 0 Å². The number of hydrogen-bond donors (Lipinski definition) is 0. The van der Waals surface area contributed by atoms with E-state index >= 15 is 0 Å². The van der Waals surface area contributed by atoms with Gasteiger partial charge in [0.05, 0.1) is 6.61 Å². The van der Waals surface area contributed by atoms with Crippen LogP contribution in [0.5, 0.6) is 0 Å². The van der Waals surface area contributed by atoms with Crippen LogP contribution in [0.15, 0.2) is 30.3 Å². The van der Waals surface area contributed by atoms with Crippen molar-refractivity contribution in [2.45, 2.75) is 26.0 Å². The second kappa shape index (κ2) is 6.59. The molecule has 0 aromatic heterocycles. The first-order valence-corrected chi connectivity index (χ1v) is 5.48. The predicted molar refractivity (Wildman–Crippen MR) is 63.9 cm³/mol. The van der Waals surface area contributed by atoms with E-state index in [1.807, 2.05) is 18.2 Å². The van der Waals surface area contributed by atoms with E-state index in [0.29, 0.717) is 6.04 Å². The maximum Gasteiger partial charge on any atom is 0.0716 e. The maximum absolute atomic E-state index is 5.61. The largest absolute Gasteiger partial charge is 0.377 e. The van der Waals surface area contributed by atoms with E-state index in [0.717, 1.165) is 19.6 Å². The third-order valence-electron chi connectivity index (χ3n) is 2.67. The summed E-state index contributed by atoms with van der Waals surface area (Å²) in [6.45, 7) is 3.76. The molecule has 2 nitrogen and oxygen atoms in total.